The summed E-state index contributed by atoms with van der Waals surface area (Å²) in [7, 11) is -0.344. The van der Waals surface area contributed by atoms with Crippen LogP contribution in [0, 0.1) is 5.82 Å². The SMILES string of the molecule is CN(C)c1n[nH]c(CNS(=O)(=O)c2ccc(Cl)c(F)c2)n1. The predicted molar refractivity (Wildman–Crippen MR) is 76.1 cm³/mol. The Labute approximate surface area is 126 Å². The Kier molecular flexibility index (Phi) is 4.45. The lowest BCUT2D eigenvalue weighted by Crippen LogP contribution is -2.24. The molecule has 0 aliphatic heterocycles. The van der Waals surface area contributed by atoms with Crippen LogP contribution in [-0.2, 0) is 16.6 Å². The van der Waals surface area contributed by atoms with E-state index in [1.807, 2.05) is 0 Å². The molecule has 1 aromatic heterocycles. The number of H-pyrrole nitrogens is 1. The number of benzene rings is 1. The monoisotopic (exact) mass is 333 g/mol. The molecule has 2 aromatic rings. The minimum Gasteiger partial charge on any atom is -0.346 e. The number of aromatic nitrogens is 3. The predicted octanol–water partition coefficient (Wildman–Crippen LogP) is 1.14. The van der Waals surface area contributed by atoms with Gasteiger partial charge in [0.05, 0.1) is 16.5 Å². The average Bonchev–Trinajstić information content (AvgIpc) is 2.89. The summed E-state index contributed by atoms with van der Waals surface area (Å²) in [5.41, 5.74) is 0. The summed E-state index contributed by atoms with van der Waals surface area (Å²) in [5, 5.41) is 6.36. The first-order valence-electron chi connectivity index (χ1n) is 5.83. The van der Waals surface area contributed by atoms with E-state index < -0.39 is 15.8 Å². The number of sulfonamides is 1. The van der Waals surface area contributed by atoms with Gasteiger partial charge >= 0.3 is 0 Å². The number of hydrogen-bond acceptors (Lipinski definition) is 5. The zero-order valence-corrected chi connectivity index (χ0v) is 12.8. The lowest BCUT2D eigenvalue weighted by molar-refractivity contribution is 0.575. The van der Waals surface area contributed by atoms with Crippen LogP contribution in [0.4, 0.5) is 10.3 Å². The van der Waals surface area contributed by atoms with E-state index in [0.29, 0.717) is 11.8 Å². The maximum absolute atomic E-state index is 13.3. The zero-order chi connectivity index (χ0) is 15.6. The molecule has 0 atom stereocenters. The van der Waals surface area contributed by atoms with Crippen molar-refractivity contribution in [2.24, 2.45) is 0 Å². The summed E-state index contributed by atoms with van der Waals surface area (Å²) < 4.78 is 39.6. The van der Waals surface area contributed by atoms with Gasteiger partial charge < -0.3 is 4.90 Å². The van der Waals surface area contributed by atoms with Crippen molar-refractivity contribution in [3.8, 4) is 0 Å². The molecule has 1 heterocycles. The summed E-state index contributed by atoms with van der Waals surface area (Å²) >= 11 is 5.52. The van der Waals surface area contributed by atoms with Gasteiger partial charge in [0.25, 0.3) is 0 Å². The molecule has 0 bridgehead atoms. The Morgan fingerprint density at radius 1 is 1.43 bits per heavy atom. The third-order valence-electron chi connectivity index (χ3n) is 2.55. The van der Waals surface area contributed by atoms with Crippen molar-refractivity contribution >= 4 is 27.6 Å². The minimum absolute atomic E-state index is 0.0899. The Morgan fingerprint density at radius 2 is 2.14 bits per heavy atom. The number of nitrogens with one attached hydrogen (secondary N) is 2. The summed E-state index contributed by atoms with van der Waals surface area (Å²) in [6.45, 7) is -0.0899. The second kappa shape index (κ2) is 5.96. The average molecular weight is 334 g/mol. The van der Waals surface area contributed by atoms with E-state index in [2.05, 4.69) is 19.9 Å². The molecular weight excluding hydrogens is 321 g/mol. The first-order chi connectivity index (χ1) is 9.79. The number of aromatic amines is 1. The Balaban J connectivity index is 2.11. The lowest BCUT2D eigenvalue weighted by atomic mass is 10.3. The van der Waals surface area contributed by atoms with Crippen LogP contribution >= 0.6 is 11.6 Å². The quantitative estimate of drug-likeness (QED) is 0.856. The van der Waals surface area contributed by atoms with Crippen molar-refractivity contribution in [3.05, 3.63) is 34.9 Å². The molecule has 0 fully saturated rings. The van der Waals surface area contributed by atoms with Crippen molar-refractivity contribution in [3.63, 3.8) is 0 Å². The third kappa shape index (κ3) is 3.69. The highest BCUT2D eigenvalue weighted by Crippen LogP contribution is 2.18. The van der Waals surface area contributed by atoms with E-state index >= 15 is 0 Å². The molecule has 7 nitrogen and oxygen atoms in total. The maximum atomic E-state index is 13.3. The van der Waals surface area contributed by atoms with Crippen LogP contribution < -0.4 is 9.62 Å². The van der Waals surface area contributed by atoms with Crippen LogP contribution in [0.1, 0.15) is 5.82 Å². The van der Waals surface area contributed by atoms with Crippen LogP contribution in [-0.4, -0.2) is 37.7 Å². The van der Waals surface area contributed by atoms with E-state index in [1.165, 1.54) is 12.1 Å². The molecule has 114 valence electrons. The van der Waals surface area contributed by atoms with Gasteiger partial charge in [0.15, 0.2) is 0 Å². The number of hydrogen-bond donors (Lipinski definition) is 2. The molecule has 1 aromatic carbocycles. The molecule has 0 spiro atoms. The van der Waals surface area contributed by atoms with E-state index in [0.717, 1.165) is 6.07 Å². The molecule has 0 radical (unpaired) electrons. The molecule has 2 rings (SSSR count). The Hall–Kier alpha value is -1.71. The summed E-state index contributed by atoms with van der Waals surface area (Å²) in [6.07, 6.45) is 0. The second-order valence-corrected chi connectivity index (χ2v) is 6.55. The van der Waals surface area contributed by atoms with Gasteiger partial charge in [-0.1, -0.05) is 11.6 Å². The second-order valence-electron chi connectivity index (χ2n) is 4.38. The molecule has 0 saturated carbocycles. The van der Waals surface area contributed by atoms with Gasteiger partial charge in [0, 0.05) is 14.1 Å². The number of nitrogens with zero attached hydrogens (tertiary/aromatic N) is 3. The van der Waals surface area contributed by atoms with Gasteiger partial charge in [-0.2, -0.15) is 4.98 Å². The van der Waals surface area contributed by atoms with E-state index in [1.54, 1.807) is 19.0 Å². The number of halogens is 2. The molecule has 0 aliphatic carbocycles. The van der Waals surface area contributed by atoms with Gasteiger partial charge in [-0.05, 0) is 18.2 Å². The van der Waals surface area contributed by atoms with Crippen molar-refractivity contribution in [1.82, 2.24) is 19.9 Å². The normalized spacial score (nSPS) is 11.6. The molecule has 0 saturated heterocycles. The Morgan fingerprint density at radius 3 is 2.71 bits per heavy atom. The fourth-order valence-corrected chi connectivity index (χ4v) is 2.57. The largest absolute Gasteiger partial charge is 0.346 e. The summed E-state index contributed by atoms with van der Waals surface area (Å²) in [4.78, 5) is 5.53. The van der Waals surface area contributed by atoms with Crippen molar-refractivity contribution < 1.29 is 12.8 Å². The fraction of sp³-hybridized carbons (Fsp3) is 0.273. The topological polar surface area (TPSA) is 91.0 Å². The molecule has 0 amide bonds. The molecule has 0 aliphatic rings. The van der Waals surface area contributed by atoms with Crippen LogP contribution in [0.25, 0.3) is 0 Å². The molecule has 21 heavy (non-hydrogen) atoms. The van der Waals surface area contributed by atoms with Gasteiger partial charge in [0.1, 0.15) is 11.6 Å². The highest BCUT2D eigenvalue weighted by Gasteiger charge is 2.16. The molecular formula is C11H13ClFN5O2S. The fourth-order valence-electron chi connectivity index (χ4n) is 1.46. The van der Waals surface area contributed by atoms with E-state index in [4.69, 9.17) is 11.6 Å². The van der Waals surface area contributed by atoms with Crippen LogP contribution in [0.3, 0.4) is 0 Å². The van der Waals surface area contributed by atoms with Crippen LogP contribution in [0.15, 0.2) is 23.1 Å². The van der Waals surface area contributed by atoms with Gasteiger partial charge in [-0.15, -0.1) is 5.10 Å². The van der Waals surface area contributed by atoms with Crippen molar-refractivity contribution in [2.75, 3.05) is 19.0 Å². The molecule has 10 heteroatoms. The minimum atomic E-state index is -3.86. The van der Waals surface area contributed by atoms with Gasteiger partial charge in [-0.3, -0.25) is 5.10 Å². The highest BCUT2D eigenvalue weighted by molar-refractivity contribution is 7.89. The summed E-state index contributed by atoms with van der Waals surface area (Å²) in [6, 6.07) is 3.26. The van der Waals surface area contributed by atoms with Crippen molar-refractivity contribution in [1.29, 1.82) is 0 Å². The van der Waals surface area contributed by atoms with Gasteiger partial charge in [-0.25, -0.2) is 17.5 Å². The number of anilines is 1. The van der Waals surface area contributed by atoms with Crippen molar-refractivity contribution in [2.45, 2.75) is 11.4 Å². The smallest absolute Gasteiger partial charge is 0.244 e. The molecule has 2 N–H and O–H groups in total. The standard InChI is InChI=1S/C11H13ClFN5O2S/c1-18(2)11-15-10(16-17-11)6-14-21(19,20)7-3-4-8(12)9(13)5-7/h3-5,14H,6H2,1-2H3,(H,15,16,17). The zero-order valence-electron chi connectivity index (χ0n) is 11.3. The maximum Gasteiger partial charge on any atom is 0.244 e. The first-order valence-corrected chi connectivity index (χ1v) is 7.69. The summed E-state index contributed by atoms with van der Waals surface area (Å²) in [5.74, 6) is -0.0208. The lowest BCUT2D eigenvalue weighted by Gasteiger charge is -2.06. The highest BCUT2D eigenvalue weighted by atomic mass is 35.5. The van der Waals surface area contributed by atoms with E-state index in [9.17, 15) is 12.8 Å². The van der Waals surface area contributed by atoms with Gasteiger partial charge in [0.2, 0.25) is 16.0 Å². The van der Waals surface area contributed by atoms with Crippen LogP contribution in [0.5, 0.6) is 0 Å². The molecule has 0 unspecified atom stereocenters. The van der Waals surface area contributed by atoms with Crippen LogP contribution in [0.2, 0.25) is 5.02 Å². The Bertz CT molecular complexity index is 747. The first kappa shape index (κ1) is 15.7. The van der Waals surface area contributed by atoms with E-state index in [-0.39, 0.29) is 16.5 Å². The third-order valence-corrected chi connectivity index (χ3v) is 4.26. The number of rotatable bonds is 5.